The smallest absolute Gasteiger partial charge is 0.295 e. The molecule has 1 aliphatic heterocycles. The van der Waals surface area contributed by atoms with Crippen LogP contribution in [0.5, 0.6) is 5.75 Å². The normalized spacial score (nSPS) is 21.1. The van der Waals surface area contributed by atoms with Crippen LogP contribution in [0.25, 0.3) is 5.76 Å². The lowest BCUT2D eigenvalue weighted by atomic mass is 9.92. The molecule has 5 nitrogen and oxygen atoms in total. The Balaban J connectivity index is 1.89. The van der Waals surface area contributed by atoms with E-state index in [2.05, 4.69) is 0 Å². The number of carbonyl (C=O) groups excluding carboxylic acids is 2. The second kappa shape index (κ2) is 8.75. The molecule has 0 radical (unpaired) electrons. The van der Waals surface area contributed by atoms with E-state index in [1.165, 1.54) is 0 Å². The molecule has 0 aromatic heterocycles. The number of aliphatic hydroxyl groups excluding tert-OH is 1. The molecule has 1 unspecified atom stereocenters. The molecule has 6 heteroatoms. The molecule has 0 bridgehead atoms. The van der Waals surface area contributed by atoms with E-state index < -0.39 is 17.7 Å². The predicted octanol–water partition coefficient (Wildman–Crippen LogP) is 5.41. The van der Waals surface area contributed by atoms with Gasteiger partial charge in [0.15, 0.2) is 0 Å². The van der Waals surface area contributed by atoms with Crippen LogP contribution in [0, 0.1) is 6.92 Å². The molecule has 1 saturated carbocycles. The van der Waals surface area contributed by atoms with Crippen LogP contribution in [-0.4, -0.2) is 34.3 Å². The lowest BCUT2D eigenvalue weighted by molar-refractivity contribution is -0.141. The van der Waals surface area contributed by atoms with Gasteiger partial charge in [0.25, 0.3) is 11.7 Å². The minimum atomic E-state index is -0.648. The fraction of sp³-hybridized carbons (Fsp3) is 0.360. The fourth-order valence-electron chi connectivity index (χ4n) is 4.68. The number of nitrogens with zero attached hydrogens (tertiary/aromatic N) is 1. The van der Waals surface area contributed by atoms with Gasteiger partial charge in [0, 0.05) is 11.6 Å². The molecule has 1 heterocycles. The summed E-state index contributed by atoms with van der Waals surface area (Å²) < 4.78 is 5.54. The van der Waals surface area contributed by atoms with Gasteiger partial charge in [-0.05, 0) is 56.0 Å². The fourth-order valence-corrected chi connectivity index (χ4v) is 4.85. The molecule has 162 valence electrons. The summed E-state index contributed by atoms with van der Waals surface area (Å²) in [5.41, 5.74) is 2.34. The van der Waals surface area contributed by atoms with E-state index >= 15 is 0 Å². The average molecular weight is 440 g/mol. The zero-order chi connectivity index (χ0) is 22.1. The first-order chi connectivity index (χ1) is 14.9. The highest BCUT2D eigenvalue weighted by molar-refractivity contribution is 6.46. The number of ketones is 1. The van der Waals surface area contributed by atoms with E-state index in [1.54, 1.807) is 23.1 Å². The lowest BCUT2D eigenvalue weighted by Crippen LogP contribution is -2.37. The molecule has 4 rings (SSSR count). The Labute approximate surface area is 187 Å². The van der Waals surface area contributed by atoms with E-state index in [4.69, 9.17) is 16.3 Å². The highest BCUT2D eigenvalue weighted by Crippen LogP contribution is 2.44. The van der Waals surface area contributed by atoms with E-state index in [0.29, 0.717) is 22.9 Å². The SMILES string of the molecule is CCOc1cc(/C(O)=C2\C(=O)C(=O)N(C3CCCC3)C2c2ccccc2C)ccc1Cl. The molecule has 1 N–H and O–H groups in total. The van der Waals surface area contributed by atoms with Gasteiger partial charge in [-0.1, -0.05) is 48.7 Å². The molecule has 2 aromatic rings. The van der Waals surface area contributed by atoms with Crippen LogP contribution in [0.4, 0.5) is 0 Å². The molecule has 1 amide bonds. The number of hydrogen-bond donors (Lipinski definition) is 1. The van der Waals surface area contributed by atoms with Gasteiger partial charge in [0.05, 0.1) is 23.2 Å². The number of halogens is 1. The summed E-state index contributed by atoms with van der Waals surface area (Å²) >= 11 is 6.19. The quantitative estimate of drug-likeness (QED) is 0.384. The summed E-state index contributed by atoms with van der Waals surface area (Å²) in [5.74, 6) is -0.971. The van der Waals surface area contributed by atoms with Crippen LogP contribution in [0.2, 0.25) is 5.02 Å². The first kappa shape index (κ1) is 21.4. The van der Waals surface area contributed by atoms with Crippen molar-refractivity contribution in [3.63, 3.8) is 0 Å². The van der Waals surface area contributed by atoms with Gasteiger partial charge in [-0.25, -0.2) is 0 Å². The third kappa shape index (κ3) is 3.83. The molecule has 1 aliphatic carbocycles. The third-order valence-electron chi connectivity index (χ3n) is 6.19. The highest BCUT2D eigenvalue weighted by atomic mass is 35.5. The van der Waals surface area contributed by atoms with Crippen molar-refractivity contribution < 1.29 is 19.4 Å². The largest absolute Gasteiger partial charge is 0.507 e. The Morgan fingerprint density at radius 3 is 2.55 bits per heavy atom. The number of rotatable bonds is 5. The van der Waals surface area contributed by atoms with Crippen LogP contribution in [0.15, 0.2) is 48.0 Å². The van der Waals surface area contributed by atoms with Gasteiger partial charge >= 0.3 is 0 Å². The molecular formula is C25H26ClNO4. The molecule has 31 heavy (non-hydrogen) atoms. The first-order valence-electron chi connectivity index (χ1n) is 10.7. The lowest BCUT2D eigenvalue weighted by Gasteiger charge is -2.31. The number of ether oxygens (including phenoxy) is 1. The number of hydrogen-bond acceptors (Lipinski definition) is 4. The van der Waals surface area contributed by atoms with Crippen molar-refractivity contribution in [3.8, 4) is 5.75 Å². The average Bonchev–Trinajstić information content (AvgIpc) is 3.37. The van der Waals surface area contributed by atoms with E-state index in [0.717, 1.165) is 36.8 Å². The van der Waals surface area contributed by atoms with Gasteiger partial charge in [-0.15, -0.1) is 0 Å². The molecule has 0 spiro atoms. The van der Waals surface area contributed by atoms with Gasteiger partial charge < -0.3 is 14.7 Å². The number of aliphatic hydroxyl groups is 1. The molecule has 1 atom stereocenters. The topological polar surface area (TPSA) is 66.8 Å². The van der Waals surface area contributed by atoms with Crippen molar-refractivity contribution in [1.82, 2.24) is 4.90 Å². The summed E-state index contributed by atoms with van der Waals surface area (Å²) in [5, 5.41) is 11.7. The van der Waals surface area contributed by atoms with E-state index in [1.807, 2.05) is 38.1 Å². The van der Waals surface area contributed by atoms with Gasteiger partial charge in [0.1, 0.15) is 11.5 Å². The van der Waals surface area contributed by atoms with Crippen LogP contribution in [0.3, 0.4) is 0 Å². The Hall–Kier alpha value is -2.79. The summed E-state index contributed by atoms with van der Waals surface area (Å²) in [6.45, 7) is 4.22. The highest BCUT2D eigenvalue weighted by Gasteiger charge is 2.49. The van der Waals surface area contributed by atoms with Crippen molar-refractivity contribution in [3.05, 3.63) is 69.8 Å². The Kier molecular flexibility index (Phi) is 6.05. The van der Waals surface area contributed by atoms with Gasteiger partial charge in [0.2, 0.25) is 0 Å². The minimum Gasteiger partial charge on any atom is -0.507 e. The number of carbonyl (C=O) groups is 2. The number of Topliss-reactive ketones (excluding diaryl/α,β-unsaturated/α-hetero) is 1. The number of likely N-dealkylation sites (tertiary alicyclic amines) is 1. The van der Waals surface area contributed by atoms with E-state index in [-0.39, 0.29) is 17.4 Å². The van der Waals surface area contributed by atoms with Gasteiger partial charge in [-0.3, -0.25) is 9.59 Å². The number of benzene rings is 2. The molecule has 2 aromatic carbocycles. The van der Waals surface area contributed by atoms with Crippen LogP contribution >= 0.6 is 11.6 Å². The molecule has 2 aliphatic rings. The van der Waals surface area contributed by atoms with Crippen LogP contribution < -0.4 is 4.74 Å². The van der Waals surface area contributed by atoms with Crippen LogP contribution in [-0.2, 0) is 9.59 Å². The zero-order valence-electron chi connectivity index (χ0n) is 17.7. The Morgan fingerprint density at radius 1 is 1.16 bits per heavy atom. The summed E-state index contributed by atoms with van der Waals surface area (Å²) in [6.07, 6.45) is 3.79. The number of amides is 1. The van der Waals surface area contributed by atoms with E-state index in [9.17, 15) is 14.7 Å². The van der Waals surface area contributed by atoms with Crippen molar-refractivity contribution in [2.24, 2.45) is 0 Å². The maximum absolute atomic E-state index is 13.2. The number of aryl methyl sites for hydroxylation is 1. The predicted molar refractivity (Wildman–Crippen MR) is 120 cm³/mol. The monoisotopic (exact) mass is 439 g/mol. The first-order valence-corrected chi connectivity index (χ1v) is 11.1. The molecular weight excluding hydrogens is 414 g/mol. The van der Waals surface area contributed by atoms with Crippen molar-refractivity contribution in [2.75, 3.05) is 6.61 Å². The van der Waals surface area contributed by atoms with Crippen molar-refractivity contribution >= 4 is 29.1 Å². The zero-order valence-corrected chi connectivity index (χ0v) is 18.5. The second-order valence-electron chi connectivity index (χ2n) is 8.08. The maximum Gasteiger partial charge on any atom is 0.295 e. The second-order valence-corrected chi connectivity index (χ2v) is 8.49. The minimum absolute atomic E-state index is 0.00411. The summed E-state index contributed by atoms with van der Waals surface area (Å²) in [7, 11) is 0. The van der Waals surface area contributed by atoms with Gasteiger partial charge in [-0.2, -0.15) is 0 Å². The molecule has 2 fully saturated rings. The Morgan fingerprint density at radius 2 is 1.87 bits per heavy atom. The third-order valence-corrected chi connectivity index (χ3v) is 6.50. The summed E-state index contributed by atoms with van der Waals surface area (Å²) in [4.78, 5) is 28.0. The van der Waals surface area contributed by atoms with Crippen LogP contribution in [0.1, 0.15) is 55.3 Å². The maximum atomic E-state index is 13.2. The Bertz CT molecular complexity index is 1060. The summed E-state index contributed by atoms with van der Waals surface area (Å²) in [6, 6.07) is 12.0. The standard InChI is InChI=1S/C25H26ClNO4/c1-3-31-20-14-16(12-13-19(20)26)23(28)21-22(18-11-7-4-8-15(18)2)27(25(30)24(21)29)17-9-5-6-10-17/h4,7-8,11-14,17,22,28H,3,5-6,9-10H2,1-2H3/b23-21+. The molecule has 1 saturated heterocycles. The van der Waals surface area contributed by atoms with Crippen molar-refractivity contribution in [2.45, 2.75) is 51.6 Å². The van der Waals surface area contributed by atoms with Crippen molar-refractivity contribution in [1.29, 1.82) is 0 Å².